The van der Waals surface area contributed by atoms with Gasteiger partial charge in [-0.25, -0.2) is 9.59 Å². The van der Waals surface area contributed by atoms with Crippen LogP contribution in [0.25, 0.3) is 6.08 Å². The Bertz CT molecular complexity index is 726. The quantitative estimate of drug-likeness (QED) is 0.566. The Kier molecular flexibility index (Phi) is 7.42. The minimum atomic E-state index is -4.78. The third-order valence-electron chi connectivity index (χ3n) is 3.81. The molecule has 2 N–H and O–H groups in total. The molecule has 7 nitrogen and oxygen atoms in total. The molecule has 1 aromatic rings. The average molecular weight is 400 g/mol. The zero-order valence-electron chi connectivity index (χ0n) is 14.8. The van der Waals surface area contributed by atoms with Crippen LogP contribution in [-0.2, 0) is 14.3 Å². The normalized spacial score (nSPS) is 14.7. The number of nitrogens with one attached hydrogen (secondary N) is 2. The van der Waals surface area contributed by atoms with E-state index in [2.05, 4.69) is 15.4 Å². The van der Waals surface area contributed by atoms with Gasteiger partial charge in [-0.3, -0.25) is 10.1 Å². The first kappa shape index (κ1) is 21.3. The minimum Gasteiger partial charge on any atom is -0.452 e. The maximum Gasteiger partial charge on any atom is 0.573 e. The summed E-state index contributed by atoms with van der Waals surface area (Å²) < 4.78 is 44.6. The molecule has 1 aromatic carbocycles. The van der Waals surface area contributed by atoms with E-state index >= 15 is 0 Å². The number of hydrogen-bond donors (Lipinski definition) is 2. The molecule has 10 heteroatoms. The van der Waals surface area contributed by atoms with Crippen LogP contribution in [0.15, 0.2) is 30.3 Å². The van der Waals surface area contributed by atoms with E-state index in [9.17, 15) is 27.6 Å². The third kappa shape index (κ3) is 8.11. The van der Waals surface area contributed by atoms with Crippen LogP contribution in [0.1, 0.15) is 31.2 Å². The Balaban J connectivity index is 1.70. The lowest BCUT2D eigenvalue weighted by Crippen LogP contribution is -2.44. The summed E-state index contributed by atoms with van der Waals surface area (Å²) in [6, 6.07) is 4.22. The molecule has 1 aliphatic carbocycles. The lowest BCUT2D eigenvalue weighted by atomic mass is 10.2. The summed E-state index contributed by atoms with van der Waals surface area (Å²) in [4.78, 5) is 34.8. The van der Waals surface area contributed by atoms with Gasteiger partial charge in [0.2, 0.25) is 0 Å². The van der Waals surface area contributed by atoms with Crippen LogP contribution in [-0.4, -0.2) is 36.9 Å². The van der Waals surface area contributed by atoms with Crippen molar-refractivity contribution in [2.45, 2.75) is 38.1 Å². The first-order valence-corrected chi connectivity index (χ1v) is 8.52. The van der Waals surface area contributed by atoms with Crippen molar-refractivity contribution in [3.8, 4) is 5.75 Å². The van der Waals surface area contributed by atoms with E-state index in [-0.39, 0.29) is 11.8 Å². The standard InChI is InChI=1S/C18H19F3N2O5/c19-18(20,21)28-14-8-5-12(6-9-14)7-10-16(25)27-11-15(24)23-17(26)22-13-3-1-2-4-13/h5-10,13H,1-4,11H2,(H2,22,23,24,26)/b10-7+. The van der Waals surface area contributed by atoms with E-state index in [4.69, 9.17) is 4.74 Å². The molecule has 0 heterocycles. The number of halogens is 3. The molecular formula is C18H19F3N2O5. The summed E-state index contributed by atoms with van der Waals surface area (Å²) in [5.74, 6) is -2.01. The zero-order valence-corrected chi connectivity index (χ0v) is 14.8. The van der Waals surface area contributed by atoms with E-state index in [1.165, 1.54) is 18.2 Å². The van der Waals surface area contributed by atoms with Crippen molar-refractivity contribution >= 4 is 24.0 Å². The summed E-state index contributed by atoms with van der Waals surface area (Å²) >= 11 is 0. The molecular weight excluding hydrogens is 381 g/mol. The van der Waals surface area contributed by atoms with E-state index in [0.717, 1.165) is 43.9 Å². The highest BCUT2D eigenvalue weighted by Gasteiger charge is 2.30. The molecule has 0 saturated heterocycles. The summed E-state index contributed by atoms with van der Waals surface area (Å²) in [6.45, 7) is -0.639. The first-order valence-electron chi connectivity index (χ1n) is 8.52. The smallest absolute Gasteiger partial charge is 0.452 e. The molecule has 2 rings (SSSR count). The fraction of sp³-hybridized carbons (Fsp3) is 0.389. The molecule has 3 amide bonds. The van der Waals surface area contributed by atoms with Crippen molar-refractivity contribution in [3.63, 3.8) is 0 Å². The lowest BCUT2D eigenvalue weighted by Gasteiger charge is -2.12. The van der Waals surface area contributed by atoms with Gasteiger partial charge in [0, 0.05) is 12.1 Å². The number of benzene rings is 1. The Labute approximate surface area is 158 Å². The molecule has 1 saturated carbocycles. The van der Waals surface area contributed by atoms with Crippen LogP contribution in [0.4, 0.5) is 18.0 Å². The molecule has 1 fully saturated rings. The van der Waals surface area contributed by atoms with Crippen molar-refractivity contribution < 1.29 is 37.0 Å². The average Bonchev–Trinajstić information content (AvgIpc) is 3.10. The predicted octanol–water partition coefficient (Wildman–Crippen LogP) is 2.91. The second kappa shape index (κ2) is 9.77. The first-order chi connectivity index (χ1) is 13.2. The number of urea groups is 1. The van der Waals surface area contributed by atoms with Crippen molar-refractivity contribution in [2.75, 3.05) is 6.61 Å². The monoisotopic (exact) mass is 400 g/mol. The number of esters is 1. The SMILES string of the molecule is O=C(COC(=O)/C=C/c1ccc(OC(F)(F)F)cc1)NC(=O)NC1CCCC1. The van der Waals surface area contributed by atoms with Gasteiger partial charge in [-0.1, -0.05) is 25.0 Å². The van der Waals surface area contributed by atoms with Gasteiger partial charge in [0.1, 0.15) is 5.75 Å². The highest BCUT2D eigenvalue weighted by atomic mass is 19.4. The molecule has 0 radical (unpaired) electrons. The summed E-state index contributed by atoms with van der Waals surface area (Å²) in [7, 11) is 0. The van der Waals surface area contributed by atoms with Gasteiger partial charge in [0.25, 0.3) is 5.91 Å². The van der Waals surface area contributed by atoms with Crippen LogP contribution in [0.2, 0.25) is 0 Å². The largest absolute Gasteiger partial charge is 0.573 e. The number of alkyl halides is 3. The second-order valence-electron chi connectivity index (χ2n) is 6.06. The van der Waals surface area contributed by atoms with E-state index in [0.29, 0.717) is 5.56 Å². The number of hydrogen-bond acceptors (Lipinski definition) is 5. The molecule has 0 spiro atoms. The Morgan fingerprint density at radius 3 is 2.36 bits per heavy atom. The molecule has 0 aromatic heterocycles. The molecule has 0 aliphatic heterocycles. The second-order valence-corrected chi connectivity index (χ2v) is 6.06. The molecule has 0 bridgehead atoms. The summed E-state index contributed by atoms with van der Waals surface area (Å²) in [5.41, 5.74) is 0.423. The molecule has 28 heavy (non-hydrogen) atoms. The number of imide groups is 1. The minimum absolute atomic E-state index is 0.0474. The van der Waals surface area contributed by atoms with Gasteiger partial charge < -0.3 is 14.8 Å². The fourth-order valence-corrected chi connectivity index (χ4v) is 2.58. The van der Waals surface area contributed by atoms with Crippen molar-refractivity contribution in [3.05, 3.63) is 35.9 Å². The highest BCUT2D eigenvalue weighted by Crippen LogP contribution is 2.23. The Morgan fingerprint density at radius 2 is 1.75 bits per heavy atom. The third-order valence-corrected chi connectivity index (χ3v) is 3.81. The van der Waals surface area contributed by atoms with Gasteiger partial charge in [-0.2, -0.15) is 0 Å². The van der Waals surface area contributed by atoms with Gasteiger partial charge in [-0.15, -0.1) is 13.2 Å². The van der Waals surface area contributed by atoms with Gasteiger partial charge in [-0.05, 0) is 36.6 Å². The maximum absolute atomic E-state index is 12.1. The van der Waals surface area contributed by atoms with Crippen LogP contribution >= 0.6 is 0 Å². The molecule has 152 valence electrons. The van der Waals surface area contributed by atoms with Crippen molar-refractivity contribution in [2.24, 2.45) is 0 Å². The van der Waals surface area contributed by atoms with Gasteiger partial charge in [0.05, 0.1) is 0 Å². The van der Waals surface area contributed by atoms with E-state index < -0.39 is 30.9 Å². The fourth-order valence-electron chi connectivity index (χ4n) is 2.58. The van der Waals surface area contributed by atoms with Gasteiger partial charge >= 0.3 is 18.4 Å². The van der Waals surface area contributed by atoms with Crippen molar-refractivity contribution in [1.29, 1.82) is 0 Å². The number of carbonyl (C=O) groups is 3. The Hall–Kier alpha value is -3.04. The number of rotatable bonds is 6. The summed E-state index contributed by atoms with van der Waals surface area (Å²) in [6.07, 6.45) is 1.31. The maximum atomic E-state index is 12.1. The van der Waals surface area contributed by atoms with Crippen molar-refractivity contribution in [1.82, 2.24) is 10.6 Å². The summed E-state index contributed by atoms with van der Waals surface area (Å²) in [5, 5.41) is 4.72. The molecule has 1 aliphatic rings. The number of carbonyl (C=O) groups excluding carboxylic acids is 3. The Morgan fingerprint density at radius 1 is 1.11 bits per heavy atom. The number of ether oxygens (including phenoxy) is 2. The van der Waals surface area contributed by atoms with Crippen LogP contribution < -0.4 is 15.4 Å². The number of amides is 3. The molecule has 0 atom stereocenters. The van der Waals surface area contributed by atoms with Crippen LogP contribution in [0.5, 0.6) is 5.75 Å². The van der Waals surface area contributed by atoms with Crippen LogP contribution in [0.3, 0.4) is 0 Å². The predicted molar refractivity (Wildman–Crippen MR) is 92.0 cm³/mol. The zero-order chi connectivity index (χ0) is 20.6. The lowest BCUT2D eigenvalue weighted by molar-refractivity contribution is -0.274. The topological polar surface area (TPSA) is 93.7 Å². The van der Waals surface area contributed by atoms with Gasteiger partial charge in [0.15, 0.2) is 6.61 Å². The van der Waals surface area contributed by atoms with E-state index in [1.54, 1.807) is 0 Å². The highest BCUT2D eigenvalue weighted by molar-refractivity contribution is 5.96. The van der Waals surface area contributed by atoms with E-state index in [1.807, 2.05) is 0 Å². The van der Waals surface area contributed by atoms with Crippen LogP contribution in [0, 0.1) is 0 Å². The molecule has 0 unspecified atom stereocenters.